The molecule has 1 aliphatic rings. The first-order chi connectivity index (χ1) is 9.49. The van der Waals surface area contributed by atoms with Crippen LogP contribution in [0.4, 0.5) is 11.4 Å². The summed E-state index contributed by atoms with van der Waals surface area (Å²) in [6.07, 6.45) is 2.13. The summed E-state index contributed by atoms with van der Waals surface area (Å²) in [7, 11) is 1.78. The summed E-state index contributed by atoms with van der Waals surface area (Å²) >= 11 is 0. The maximum Gasteiger partial charge on any atom is 0.248 e. The Labute approximate surface area is 118 Å². The Morgan fingerprint density at radius 2 is 1.95 bits per heavy atom. The van der Waals surface area contributed by atoms with Crippen LogP contribution in [0.1, 0.15) is 23.2 Å². The Morgan fingerprint density at radius 3 is 2.55 bits per heavy atom. The summed E-state index contributed by atoms with van der Waals surface area (Å²) < 4.78 is 0. The van der Waals surface area contributed by atoms with E-state index in [0.29, 0.717) is 16.9 Å². The molecule has 1 aromatic carbocycles. The van der Waals surface area contributed by atoms with E-state index in [9.17, 15) is 9.59 Å². The zero-order valence-corrected chi connectivity index (χ0v) is 11.6. The lowest BCUT2D eigenvalue weighted by Crippen LogP contribution is -2.37. The van der Waals surface area contributed by atoms with Crippen molar-refractivity contribution in [2.24, 2.45) is 5.73 Å². The van der Waals surface area contributed by atoms with Gasteiger partial charge in [-0.25, -0.2) is 0 Å². The van der Waals surface area contributed by atoms with Crippen LogP contribution >= 0.6 is 0 Å². The molecule has 0 aromatic heterocycles. The van der Waals surface area contributed by atoms with Gasteiger partial charge >= 0.3 is 0 Å². The molecule has 0 bridgehead atoms. The number of anilines is 2. The maximum atomic E-state index is 12.1. The molecule has 20 heavy (non-hydrogen) atoms. The fourth-order valence-corrected chi connectivity index (χ4v) is 2.38. The number of hydrogen-bond donors (Lipinski definition) is 2. The molecule has 1 heterocycles. The highest BCUT2D eigenvalue weighted by molar-refractivity contribution is 5.95. The second kappa shape index (κ2) is 5.81. The van der Waals surface area contributed by atoms with E-state index < -0.39 is 5.91 Å². The Balaban J connectivity index is 2.11. The number of hydrogen-bond acceptors (Lipinski definition) is 4. The predicted octanol–water partition coefficient (Wildman–Crippen LogP) is 0.426. The van der Waals surface area contributed by atoms with Gasteiger partial charge in [-0.1, -0.05) is 0 Å². The SMILES string of the molecule is CN(CC(=O)N1CCCC1)c1cc(C(N)=O)ccc1N. The van der Waals surface area contributed by atoms with Gasteiger partial charge in [0.15, 0.2) is 0 Å². The van der Waals surface area contributed by atoms with Crippen LogP contribution in [-0.4, -0.2) is 43.4 Å². The van der Waals surface area contributed by atoms with Crippen molar-refractivity contribution >= 4 is 23.2 Å². The first-order valence-corrected chi connectivity index (χ1v) is 6.67. The number of benzene rings is 1. The molecule has 6 nitrogen and oxygen atoms in total. The number of amides is 2. The zero-order valence-electron chi connectivity index (χ0n) is 11.6. The van der Waals surface area contributed by atoms with E-state index in [2.05, 4.69) is 0 Å². The lowest BCUT2D eigenvalue weighted by Gasteiger charge is -2.24. The number of primary amides is 1. The number of carbonyl (C=O) groups excluding carboxylic acids is 2. The number of likely N-dealkylation sites (tertiary alicyclic amines) is 1. The molecule has 0 atom stereocenters. The van der Waals surface area contributed by atoms with Crippen molar-refractivity contribution < 1.29 is 9.59 Å². The van der Waals surface area contributed by atoms with E-state index in [1.807, 2.05) is 4.90 Å². The van der Waals surface area contributed by atoms with Crippen LogP contribution < -0.4 is 16.4 Å². The van der Waals surface area contributed by atoms with Crippen LogP contribution in [0.2, 0.25) is 0 Å². The Bertz CT molecular complexity index is 524. The third-order valence-corrected chi connectivity index (χ3v) is 3.56. The highest BCUT2D eigenvalue weighted by Crippen LogP contribution is 2.23. The molecule has 0 saturated carbocycles. The quantitative estimate of drug-likeness (QED) is 0.780. The topological polar surface area (TPSA) is 92.7 Å². The van der Waals surface area contributed by atoms with E-state index in [1.54, 1.807) is 30.1 Å². The molecule has 108 valence electrons. The van der Waals surface area contributed by atoms with E-state index in [1.165, 1.54) is 0 Å². The van der Waals surface area contributed by atoms with Crippen molar-refractivity contribution in [2.75, 3.05) is 37.3 Å². The van der Waals surface area contributed by atoms with Gasteiger partial charge in [-0.05, 0) is 31.0 Å². The van der Waals surface area contributed by atoms with Crippen LogP contribution in [0.3, 0.4) is 0 Å². The van der Waals surface area contributed by atoms with E-state index >= 15 is 0 Å². The van der Waals surface area contributed by atoms with Gasteiger partial charge < -0.3 is 21.3 Å². The fraction of sp³-hybridized carbons (Fsp3) is 0.429. The van der Waals surface area contributed by atoms with Crippen LogP contribution in [0.25, 0.3) is 0 Å². The Morgan fingerprint density at radius 1 is 1.30 bits per heavy atom. The summed E-state index contributed by atoms with van der Waals surface area (Å²) in [5, 5.41) is 0. The van der Waals surface area contributed by atoms with Crippen molar-refractivity contribution in [1.29, 1.82) is 0 Å². The van der Waals surface area contributed by atoms with Gasteiger partial charge in [0, 0.05) is 25.7 Å². The normalized spacial score (nSPS) is 14.3. The second-order valence-electron chi connectivity index (χ2n) is 5.08. The number of nitrogens with two attached hydrogens (primary N) is 2. The third kappa shape index (κ3) is 3.01. The van der Waals surface area contributed by atoms with Crippen molar-refractivity contribution in [3.63, 3.8) is 0 Å². The minimum absolute atomic E-state index is 0.0777. The van der Waals surface area contributed by atoms with Gasteiger partial charge in [0.1, 0.15) is 0 Å². The molecular weight excluding hydrogens is 256 g/mol. The van der Waals surface area contributed by atoms with Gasteiger partial charge in [0.25, 0.3) is 0 Å². The highest BCUT2D eigenvalue weighted by Gasteiger charge is 2.20. The molecule has 2 amide bonds. The van der Waals surface area contributed by atoms with Crippen molar-refractivity contribution in [3.05, 3.63) is 23.8 Å². The largest absolute Gasteiger partial charge is 0.397 e. The molecule has 2 rings (SSSR count). The van der Waals surface area contributed by atoms with Gasteiger partial charge in [-0.15, -0.1) is 0 Å². The molecule has 1 aliphatic heterocycles. The van der Waals surface area contributed by atoms with E-state index in [-0.39, 0.29) is 12.5 Å². The first kappa shape index (κ1) is 14.2. The smallest absolute Gasteiger partial charge is 0.248 e. The second-order valence-corrected chi connectivity index (χ2v) is 5.08. The standard InChI is InChI=1S/C14H20N4O2/c1-17(9-13(19)18-6-2-3-7-18)12-8-10(14(16)20)4-5-11(12)15/h4-5,8H,2-3,6-7,9,15H2,1H3,(H2,16,20). The molecular formula is C14H20N4O2. The molecule has 4 N–H and O–H groups in total. The number of rotatable bonds is 4. The first-order valence-electron chi connectivity index (χ1n) is 6.67. The summed E-state index contributed by atoms with van der Waals surface area (Å²) in [4.78, 5) is 26.9. The maximum absolute atomic E-state index is 12.1. The average Bonchev–Trinajstić information content (AvgIpc) is 2.92. The van der Waals surface area contributed by atoms with E-state index in [0.717, 1.165) is 25.9 Å². The van der Waals surface area contributed by atoms with Crippen LogP contribution in [-0.2, 0) is 4.79 Å². The van der Waals surface area contributed by atoms with Gasteiger partial charge in [0.05, 0.1) is 17.9 Å². The summed E-state index contributed by atoms with van der Waals surface area (Å²) in [5.74, 6) is -0.431. The molecule has 0 unspecified atom stereocenters. The molecule has 1 aromatic rings. The molecule has 1 saturated heterocycles. The summed E-state index contributed by atoms with van der Waals surface area (Å²) in [6, 6.07) is 4.83. The Hall–Kier alpha value is -2.24. The zero-order chi connectivity index (χ0) is 14.7. The van der Waals surface area contributed by atoms with Crippen molar-refractivity contribution in [2.45, 2.75) is 12.8 Å². The number of nitrogens with zero attached hydrogens (tertiary/aromatic N) is 2. The van der Waals surface area contributed by atoms with E-state index in [4.69, 9.17) is 11.5 Å². The average molecular weight is 276 g/mol. The molecule has 1 fully saturated rings. The van der Waals surface area contributed by atoms with Gasteiger partial charge in [0.2, 0.25) is 11.8 Å². The summed E-state index contributed by atoms with van der Waals surface area (Å²) in [5.41, 5.74) is 12.7. The highest BCUT2D eigenvalue weighted by atomic mass is 16.2. The predicted molar refractivity (Wildman–Crippen MR) is 78.5 cm³/mol. The lowest BCUT2D eigenvalue weighted by atomic mass is 10.1. The fourth-order valence-electron chi connectivity index (χ4n) is 2.38. The minimum atomic E-state index is -0.509. The number of likely N-dealkylation sites (N-methyl/N-ethyl adjacent to an activating group) is 1. The minimum Gasteiger partial charge on any atom is -0.397 e. The van der Waals surface area contributed by atoms with Crippen LogP contribution in [0, 0.1) is 0 Å². The Kier molecular flexibility index (Phi) is 4.12. The lowest BCUT2D eigenvalue weighted by molar-refractivity contribution is -0.128. The molecule has 0 aliphatic carbocycles. The van der Waals surface area contributed by atoms with Gasteiger partial charge in [-0.2, -0.15) is 0 Å². The van der Waals surface area contributed by atoms with Gasteiger partial charge in [-0.3, -0.25) is 9.59 Å². The summed E-state index contributed by atoms with van der Waals surface area (Å²) in [6.45, 7) is 1.89. The van der Waals surface area contributed by atoms with Crippen molar-refractivity contribution in [3.8, 4) is 0 Å². The third-order valence-electron chi connectivity index (χ3n) is 3.56. The molecule has 0 spiro atoms. The number of carbonyl (C=O) groups is 2. The van der Waals surface area contributed by atoms with Crippen molar-refractivity contribution in [1.82, 2.24) is 4.90 Å². The van der Waals surface area contributed by atoms with Crippen LogP contribution in [0.15, 0.2) is 18.2 Å². The number of nitrogen functional groups attached to an aromatic ring is 1. The monoisotopic (exact) mass is 276 g/mol. The molecule has 6 heteroatoms. The van der Waals surface area contributed by atoms with Crippen LogP contribution in [0.5, 0.6) is 0 Å². The molecule has 0 radical (unpaired) electrons.